The zero-order valence-corrected chi connectivity index (χ0v) is 9.86. The molecule has 0 aliphatic rings. The fraction of sp³-hybridized carbons (Fsp3) is 0.846. The van der Waals surface area contributed by atoms with Crippen LogP contribution >= 0.6 is 0 Å². The Bertz CT molecular complexity index is 110. The van der Waals surface area contributed by atoms with E-state index in [0.29, 0.717) is 0 Å². The van der Waals surface area contributed by atoms with E-state index in [1.165, 1.54) is 51.5 Å². The highest BCUT2D eigenvalue weighted by Gasteiger charge is 1.90. The number of hydrogen-bond donors (Lipinski definition) is 1. The summed E-state index contributed by atoms with van der Waals surface area (Å²) in [4.78, 5) is 0. The number of allylic oxidation sites excluding steroid dienone is 1. The van der Waals surface area contributed by atoms with Gasteiger partial charge in [-0.1, -0.05) is 45.1 Å². The Morgan fingerprint density at radius 3 is 2.29 bits per heavy atom. The van der Waals surface area contributed by atoms with Crippen LogP contribution in [-0.4, -0.2) is 13.1 Å². The molecule has 0 aliphatic carbocycles. The second-order valence-electron chi connectivity index (χ2n) is 3.95. The van der Waals surface area contributed by atoms with Crippen LogP contribution in [0.5, 0.6) is 0 Å². The molecule has 0 aromatic rings. The van der Waals surface area contributed by atoms with Gasteiger partial charge in [0.25, 0.3) is 0 Å². The highest BCUT2D eigenvalue weighted by atomic mass is 14.8. The molecule has 0 fully saturated rings. The molecule has 1 N–H and O–H groups in total. The number of unbranched alkanes of at least 4 members (excludes halogenated alkanes) is 6. The standard InChI is InChI=1S/C13H27N/c1-3-5-7-8-9-11-13-14-12-10-6-4-2/h4,14H,2-3,5-13H2,1H3. The summed E-state index contributed by atoms with van der Waals surface area (Å²) in [6, 6.07) is 0. The molecular weight excluding hydrogens is 170 g/mol. The van der Waals surface area contributed by atoms with Crippen LogP contribution in [0, 0.1) is 0 Å². The van der Waals surface area contributed by atoms with Crippen molar-refractivity contribution >= 4 is 0 Å². The van der Waals surface area contributed by atoms with E-state index in [4.69, 9.17) is 0 Å². The molecule has 0 unspecified atom stereocenters. The van der Waals surface area contributed by atoms with Crippen molar-refractivity contribution < 1.29 is 0 Å². The third kappa shape index (κ3) is 11.7. The molecule has 0 aliphatic heterocycles. The minimum atomic E-state index is 1.14. The average Bonchev–Trinajstić information content (AvgIpc) is 2.21. The Balaban J connectivity index is 2.81. The lowest BCUT2D eigenvalue weighted by atomic mass is 10.1. The molecule has 0 saturated heterocycles. The summed E-state index contributed by atoms with van der Waals surface area (Å²) in [6.45, 7) is 8.33. The van der Waals surface area contributed by atoms with Gasteiger partial charge in [-0.05, 0) is 32.4 Å². The van der Waals surface area contributed by atoms with Gasteiger partial charge in [0.15, 0.2) is 0 Å². The Morgan fingerprint density at radius 1 is 0.929 bits per heavy atom. The van der Waals surface area contributed by atoms with E-state index in [1.54, 1.807) is 0 Å². The lowest BCUT2D eigenvalue weighted by Gasteiger charge is -2.03. The highest BCUT2D eigenvalue weighted by molar-refractivity contribution is 4.66. The first-order valence-corrected chi connectivity index (χ1v) is 6.23. The molecule has 0 aromatic heterocycles. The molecule has 0 bridgehead atoms. The first-order valence-electron chi connectivity index (χ1n) is 6.23. The summed E-state index contributed by atoms with van der Waals surface area (Å²) >= 11 is 0. The second kappa shape index (κ2) is 12.7. The summed E-state index contributed by atoms with van der Waals surface area (Å²) in [5.41, 5.74) is 0. The highest BCUT2D eigenvalue weighted by Crippen LogP contribution is 2.03. The Labute approximate surface area is 90.0 Å². The molecule has 0 aromatic carbocycles. The van der Waals surface area contributed by atoms with Crippen molar-refractivity contribution in [3.05, 3.63) is 12.7 Å². The molecule has 84 valence electrons. The van der Waals surface area contributed by atoms with Gasteiger partial charge in [-0.15, -0.1) is 6.58 Å². The van der Waals surface area contributed by atoms with Crippen molar-refractivity contribution in [1.82, 2.24) is 5.32 Å². The molecule has 0 saturated carbocycles. The summed E-state index contributed by atoms with van der Waals surface area (Å²) in [5, 5.41) is 3.46. The van der Waals surface area contributed by atoms with Crippen LogP contribution in [0.4, 0.5) is 0 Å². The van der Waals surface area contributed by atoms with Gasteiger partial charge in [0.1, 0.15) is 0 Å². The topological polar surface area (TPSA) is 12.0 Å². The Kier molecular flexibility index (Phi) is 12.4. The van der Waals surface area contributed by atoms with Gasteiger partial charge in [0, 0.05) is 0 Å². The van der Waals surface area contributed by atoms with E-state index < -0.39 is 0 Å². The van der Waals surface area contributed by atoms with Crippen molar-refractivity contribution in [2.75, 3.05) is 13.1 Å². The molecule has 0 radical (unpaired) electrons. The zero-order valence-electron chi connectivity index (χ0n) is 9.86. The fourth-order valence-corrected chi connectivity index (χ4v) is 1.53. The maximum Gasteiger partial charge on any atom is -0.00460 e. The first-order chi connectivity index (χ1) is 6.91. The average molecular weight is 197 g/mol. The number of nitrogens with one attached hydrogen (secondary N) is 1. The lowest BCUT2D eigenvalue weighted by molar-refractivity contribution is 0.566. The van der Waals surface area contributed by atoms with Gasteiger partial charge in [0.2, 0.25) is 0 Å². The molecule has 0 spiro atoms. The fourth-order valence-electron chi connectivity index (χ4n) is 1.53. The minimum absolute atomic E-state index is 1.14. The van der Waals surface area contributed by atoms with E-state index in [2.05, 4.69) is 18.8 Å². The predicted octanol–water partition coefficient (Wildman–Crippen LogP) is 3.90. The van der Waals surface area contributed by atoms with Crippen LogP contribution in [0.1, 0.15) is 58.3 Å². The second-order valence-corrected chi connectivity index (χ2v) is 3.95. The van der Waals surface area contributed by atoms with Crippen LogP contribution in [0.3, 0.4) is 0 Å². The van der Waals surface area contributed by atoms with E-state index in [0.717, 1.165) is 13.0 Å². The van der Waals surface area contributed by atoms with Gasteiger partial charge >= 0.3 is 0 Å². The van der Waals surface area contributed by atoms with Crippen LogP contribution in [0.25, 0.3) is 0 Å². The van der Waals surface area contributed by atoms with E-state index in [-0.39, 0.29) is 0 Å². The van der Waals surface area contributed by atoms with Crippen molar-refractivity contribution in [1.29, 1.82) is 0 Å². The van der Waals surface area contributed by atoms with Crippen molar-refractivity contribution in [2.45, 2.75) is 58.3 Å². The lowest BCUT2D eigenvalue weighted by Crippen LogP contribution is -2.16. The molecule has 0 heterocycles. The van der Waals surface area contributed by atoms with Crippen LogP contribution in [0.15, 0.2) is 12.7 Å². The minimum Gasteiger partial charge on any atom is -0.317 e. The molecule has 0 rings (SSSR count). The van der Waals surface area contributed by atoms with E-state index in [9.17, 15) is 0 Å². The molecule has 1 heteroatoms. The first kappa shape index (κ1) is 13.7. The molecule has 0 atom stereocenters. The van der Waals surface area contributed by atoms with Gasteiger partial charge in [-0.25, -0.2) is 0 Å². The maximum atomic E-state index is 3.71. The van der Waals surface area contributed by atoms with E-state index in [1.807, 2.05) is 6.08 Å². The van der Waals surface area contributed by atoms with E-state index >= 15 is 0 Å². The Morgan fingerprint density at radius 2 is 1.57 bits per heavy atom. The third-order valence-corrected chi connectivity index (χ3v) is 2.47. The smallest absolute Gasteiger partial charge is 0.00460 e. The van der Waals surface area contributed by atoms with Gasteiger partial charge in [-0.2, -0.15) is 0 Å². The number of hydrogen-bond acceptors (Lipinski definition) is 1. The van der Waals surface area contributed by atoms with Crippen molar-refractivity contribution in [2.24, 2.45) is 0 Å². The van der Waals surface area contributed by atoms with Gasteiger partial charge in [0.05, 0.1) is 0 Å². The summed E-state index contributed by atoms with van der Waals surface area (Å²) in [7, 11) is 0. The monoisotopic (exact) mass is 197 g/mol. The third-order valence-electron chi connectivity index (χ3n) is 2.47. The van der Waals surface area contributed by atoms with Crippen LogP contribution < -0.4 is 5.32 Å². The molecular formula is C13H27N. The molecule has 1 nitrogen and oxygen atoms in total. The molecule has 0 amide bonds. The summed E-state index contributed by atoms with van der Waals surface area (Å²) in [6.07, 6.45) is 12.7. The zero-order chi connectivity index (χ0) is 10.5. The SMILES string of the molecule is C=CCCCNCCCCCCCC. The maximum absolute atomic E-state index is 3.71. The van der Waals surface area contributed by atoms with Crippen LogP contribution in [-0.2, 0) is 0 Å². The quantitative estimate of drug-likeness (QED) is 0.391. The number of rotatable bonds is 11. The largest absolute Gasteiger partial charge is 0.317 e. The van der Waals surface area contributed by atoms with Crippen molar-refractivity contribution in [3.8, 4) is 0 Å². The van der Waals surface area contributed by atoms with Crippen molar-refractivity contribution in [3.63, 3.8) is 0 Å². The van der Waals surface area contributed by atoms with Crippen LogP contribution in [0.2, 0.25) is 0 Å². The Hall–Kier alpha value is -0.300. The summed E-state index contributed by atoms with van der Waals surface area (Å²) in [5.74, 6) is 0. The van der Waals surface area contributed by atoms with Gasteiger partial charge < -0.3 is 5.32 Å². The summed E-state index contributed by atoms with van der Waals surface area (Å²) < 4.78 is 0. The predicted molar refractivity (Wildman–Crippen MR) is 65.7 cm³/mol. The molecule has 14 heavy (non-hydrogen) atoms. The normalized spacial score (nSPS) is 10.4. The van der Waals surface area contributed by atoms with Gasteiger partial charge in [-0.3, -0.25) is 0 Å².